The number of rotatable bonds is 2. The van der Waals surface area contributed by atoms with Crippen LogP contribution < -0.4 is 5.73 Å². The molecule has 0 radical (unpaired) electrons. The van der Waals surface area contributed by atoms with Gasteiger partial charge in [-0.2, -0.15) is 0 Å². The highest BCUT2D eigenvalue weighted by Crippen LogP contribution is 2.31. The van der Waals surface area contributed by atoms with Crippen LogP contribution >= 0.6 is 0 Å². The lowest BCUT2D eigenvalue weighted by atomic mass is 9.90. The average molecular weight is 219 g/mol. The van der Waals surface area contributed by atoms with Crippen molar-refractivity contribution in [3.8, 4) is 0 Å². The Balaban J connectivity index is 2.25. The second kappa shape index (κ2) is 4.56. The maximum Gasteiger partial charge on any atom is 0.0793 e. The molecular formula is C14H21NO. The molecule has 3 atom stereocenters. The minimum atomic E-state index is 0.0115. The molecule has 0 spiro atoms. The Hall–Kier alpha value is -0.860. The molecule has 1 aromatic rings. The lowest BCUT2D eigenvalue weighted by molar-refractivity contribution is 0.0723. The molecule has 1 aliphatic heterocycles. The van der Waals surface area contributed by atoms with Crippen molar-refractivity contribution in [3.05, 3.63) is 34.9 Å². The summed E-state index contributed by atoms with van der Waals surface area (Å²) in [4.78, 5) is 0. The highest BCUT2D eigenvalue weighted by molar-refractivity contribution is 5.33. The van der Waals surface area contributed by atoms with Crippen LogP contribution in [0.15, 0.2) is 18.2 Å². The molecule has 0 aromatic heterocycles. The second-order valence-corrected chi connectivity index (χ2v) is 4.99. The molecule has 2 rings (SSSR count). The van der Waals surface area contributed by atoms with Crippen LogP contribution in [0.1, 0.15) is 36.1 Å². The van der Waals surface area contributed by atoms with Crippen LogP contribution in [0, 0.1) is 19.8 Å². The van der Waals surface area contributed by atoms with Crippen molar-refractivity contribution in [1.82, 2.24) is 0 Å². The van der Waals surface area contributed by atoms with Gasteiger partial charge in [0.25, 0.3) is 0 Å². The summed E-state index contributed by atoms with van der Waals surface area (Å²) >= 11 is 0. The topological polar surface area (TPSA) is 35.2 Å². The van der Waals surface area contributed by atoms with Gasteiger partial charge in [0.05, 0.1) is 12.1 Å². The van der Waals surface area contributed by atoms with Crippen molar-refractivity contribution in [3.63, 3.8) is 0 Å². The summed E-state index contributed by atoms with van der Waals surface area (Å²) in [5.74, 6) is 0.565. The maximum absolute atomic E-state index is 6.34. The second-order valence-electron chi connectivity index (χ2n) is 4.99. The van der Waals surface area contributed by atoms with E-state index in [-0.39, 0.29) is 12.1 Å². The van der Waals surface area contributed by atoms with E-state index in [2.05, 4.69) is 39.0 Å². The molecule has 1 fully saturated rings. The van der Waals surface area contributed by atoms with Gasteiger partial charge in [0.1, 0.15) is 0 Å². The molecule has 88 valence electrons. The van der Waals surface area contributed by atoms with Gasteiger partial charge in [-0.25, -0.2) is 0 Å². The van der Waals surface area contributed by atoms with Gasteiger partial charge in [0, 0.05) is 6.61 Å². The molecule has 16 heavy (non-hydrogen) atoms. The summed E-state index contributed by atoms with van der Waals surface area (Å²) < 4.78 is 5.75. The van der Waals surface area contributed by atoms with Gasteiger partial charge in [-0.1, -0.05) is 30.7 Å². The first-order valence-corrected chi connectivity index (χ1v) is 6.04. The van der Waals surface area contributed by atoms with Crippen molar-refractivity contribution in [2.24, 2.45) is 11.7 Å². The van der Waals surface area contributed by atoms with Crippen molar-refractivity contribution in [1.29, 1.82) is 0 Å². The molecule has 3 unspecified atom stereocenters. The molecule has 2 N–H and O–H groups in total. The van der Waals surface area contributed by atoms with Crippen LogP contribution in [-0.4, -0.2) is 12.7 Å². The van der Waals surface area contributed by atoms with Crippen molar-refractivity contribution >= 4 is 0 Å². The number of hydrogen-bond acceptors (Lipinski definition) is 2. The molecule has 1 aromatic carbocycles. The van der Waals surface area contributed by atoms with E-state index < -0.39 is 0 Å². The molecule has 1 saturated heterocycles. The molecule has 2 heteroatoms. The Morgan fingerprint density at radius 3 is 2.75 bits per heavy atom. The number of aryl methyl sites for hydroxylation is 2. The lowest BCUT2D eigenvalue weighted by Crippen LogP contribution is -2.30. The minimum absolute atomic E-state index is 0.0115. The quantitative estimate of drug-likeness (QED) is 0.830. The smallest absolute Gasteiger partial charge is 0.0793 e. The highest BCUT2D eigenvalue weighted by Gasteiger charge is 2.31. The van der Waals surface area contributed by atoms with Crippen LogP contribution in [0.3, 0.4) is 0 Å². The van der Waals surface area contributed by atoms with Gasteiger partial charge in [-0.3, -0.25) is 0 Å². The molecule has 2 nitrogen and oxygen atoms in total. The zero-order valence-electron chi connectivity index (χ0n) is 10.4. The van der Waals surface area contributed by atoms with Gasteiger partial charge >= 0.3 is 0 Å². The third-order valence-corrected chi connectivity index (χ3v) is 3.59. The highest BCUT2D eigenvalue weighted by atomic mass is 16.5. The third kappa shape index (κ3) is 2.13. The van der Waals surface area contributed by atoms with E-state index in [1.54, 1.807) is 0 Å². The average Bonchev–Trinajstić information content (AvgIpc) is 2.67. The van der Waals surface area contributed by atoms with Gasteiger partial charge < -0.3 is 10.5 Å². The normalized spacial score (nSPS) is 27.0. The van der Waals surface area contributed by atoms with Crippen LogP contribution in [0.5, 0.6) is 0 Å². The largest absolute Gasteiger partial charge is 0.376 e. The maximum atomic E-state index is 6.34. The van der Waals surface area contributed by atoms with Gasteiger partial charge in [0.15, 0.2) is 0 Å². The van der Waals surface area contributed by atoms with Crippen LogP contribution in [0.4, 0.5) is 0 Å². The predicted octanol–water partition coefficient (Wildman–Crippen LogP) is 2.73. The molecule has 1 aliphatic rings. The first-order chi connectivity index (χ1) is 7.59. The SMILES string of the molecule is Cc1ccc(C)c(C(N)C2OCCC2C)c1. The summed E-state index contributed by atoms with van der Waals surface area (Å²) in [5, 5.41) is 0. The van der Waals surface area contributed by atoms with Crippen molar-refractivity contribution < 1.29 is 4.74 Å². The van der Waals surface area contributed by atoms with Gasteiger partial charge in [-0.05, 0) is 37.3 Å². The number of benzene rings is 1. The molecule has 0 saturated carbocycles. The van der Waals surface area contributed by atoms with E-state index in [9.17, 15) is 0 Å². The molecular weight excluding hydrogens is 198 g/mol. The zero-order valence-corrected chi connectivity index (χ0v) is 10.4. The standard InChI is InChI=1S/C14H21NO/c1-9-4-5-10(2)12(8-9)13(15)14-11(3)6-7-16-14/h4-5,8,11,13-14H,6-7,15H2,1-3H3. The molecule has 0 aliphatic carbocycles. The Labute approximate surface area is 97.8 Å². The van der Waals surface area contributed by atoms with Crippen LogP contribution in [0.2, 0.25) is 0 Å². The summed E-state index contributed by atoms with van der Waals surface area (Å²) in [5.41, 5.74) is 10.1. The Morgan fingerprint density at radius 1 is 1.38 bits per heavy atom. The van der Waals surface area contributed by atoms with Crippen molar-refractivity contribution in [2.75, 3.05) is 6.61 Å². The fourth-order valence-electron chi connectivity index (χ4n) is 2.47. The molecule has 0 amide bonds. The first kappa shape index (κ1) is 11.6. The van der Waals surface area contributed by atoms with E-state index in [1.165, 1.54) is 16.7 Å². The van der Waals surface area contributed by atoms with E-state index in [1.807, 2.05) is 0 Å². The molecule has 1 heterocycles. The summed E-state index contributed by atoms with van der Waals surface area (Å²) in [6.07, 6.45) is 1.31. The summed E-state index contributed by atoms with van der Waals surface area (Å²) in [6, 6.07) is 6.47. The first-order valence-electron chi connectivity index (χ1n) is 6.04. The summed E-state index contributed by atoms with van der Waals surface area (Å²) in [6.45, 7) is 7.30. The number of ether oxygens (including phenoxy) is 1. The Kier molecular flexibility index (Phi) is 3.31. The third-order valence-electron chi connectivity index (χ3n) is 3.59. The fourth-order valence-corrected chi connectivity index (χ4v) is 2.47. The van der Waals surface area contributed by atoms with E-state index in [0.717, 1.165) is 13.0 Å². The minimum Gasteiger partial charge on any atom is -0.376 e. The van der Waals surface area contributed by atoms with Crippen LogP contribution in [0.25, 0.3) is 0 Å². The Morgan fingerprint density at radius 2 is 2.12 bits per heavy atom. The number of hydrogen-bond donors (Lipinski definition) is 1. The van der Waals surface area contributed by atoms with Gasteiger partial charge in [0.2, 0.25) is 0 Å². The fraction of sp³-hybridized carbons (Fsp3) is 0.571. The predicted molar refractivity (Wildman–Crippen MR) is 66.4 cm³/mol. The molecule has 0 bridgehead atoms. The Bertz CT molecular complexity index is 375. The monoisotopic (exact) mass is 219 g/mol. The zero-order chi connectivity index (χ0) is 11.7. The van der Waals surface area contributed by atoms with Crippen LogP contribution in [-0.2, 0) is 4.74 Å². The number of nitrogens with two attached hydrogens (primary N) is 1. The summed E-state index contributed by atoms with van der Waals surface area (Å²) in [7, 11) is 0. The van der Waals surface area contributed by atoms with Crippen molar-refractivity contribution in [2.45, 2.75) is 39.3 Å². The van der Waals surface area contributed by atoms with E-state index in [0.29, 0.717) is 5.92 Å². The lowest BCUT2D eigenvalue weighted by Gasteiger charge is -2.24. The van der Waals surface area contributed by atoms with E-state index in [4.69, 9.17) is 10.5 Å². The van der Waals surface area contributed by atoms with Gasteiger partial charge in [-0.15, -0.1) is 0 Å². The van der Waals surface area contributed by atoms with E-state index >= 15 is 0 Å².